The van der Waals surface area contributed by atoms with Crippen molar-refractivity contribution in [1.29, 1.82) is 0 Å². The largest absolute Gasteiger partial charge is 0.477 e. The molecule has 0 bridgehead atoms. The van der Waals surface area contributed by atoms with Crippen molar-refractivity contribution in [3.8, 4) is 0 Å². The summed E-state index contributed by atoms with van der Waals surface area (Å²) in [7, 11) is -2.50. The first kappa shape index (κ1) is 13.1. The van der Waals surface area contributed by atoms with Crippen LogP contribution in [0.3, 0.4) is 0 Å². The van der Waals surface area contributed by atoms with Crippen LogP contribution in [0.25, 0.3) is 0 Å². The topological polar surface area (TPSA) is 130 Å². The zero-order chi connectivity index (χ0) is 14.2. The van der Waals surface area contributed by atoms with Crippen LogP contribution < -0.4 is 4.72 Å². The van der Waals surface area contributed by atoms with E-state index in [-0.39, 0.29) is 16.4 Å². The summed E-state index contributed by atoms with van der Waals surface area (Å²) in [6.45, 7) is 1.60. The Labute approximate surface area is 108 Å². The minimum atomic E-state index is -3.93. The van der Waals surface area contributed by atoms with E-state index < -0.39 is 16.0 Å². The first-order valence-electron chi connectivity index (χ1n) is 5.11. The predicted molar refractivity (Wildman–Crippen MR) is 64.3 cm³/mol. The molecule has 2 aromatic heterocycles. The van der Waals surface area contributed by atoms with Gasteiger partial charge in [0.25, 0.3) is 10.0 Å². The van der Waals surface area contributed by atoms with Crippen LogP contribution in [0.5, 0.6) is 0 Å². The van der Waals surface area contributed by atoms with Crippen molar-refractivity contribution in [1.82, 2.24) is 19.7 Å². The molecule has 3 N–H and O–H groups in total. The van der Waals surface area contributed by atoms with Gasteiger partial charge in [-0.05, 0) is 6.92 Å². The highest BCUT2D eigenvalue weighted by molar-refractivity contribution is 7.92. The van der Waals surface area contributed by atoms with Crippen molar-refractivity contribution >= 4 is 21.8 Å². The van der Waals surface area contributed by atoms with Crippen LogP contribution in [0.15, 0.2) is 17.4 Å². The van der Waals surface area contributed by atoms with Gasteiger partial charge in [0.2, 0.25) is 0 Å². The highest BCUT2D eigenvalue weighted by Crippen LogP contribution is 2.18. The van der Waals surface area contributed by atoms with Gasteiger partial charge in [0.05, 0.1) is 12.4 Å². The molecule has 0 spiro atoms. The fourth-order valence-electron chi connectivity index (χ4n) is 1.43. The summed E-state index contributed by atoms with van der Waals surface area (Å²) in [5.41, 5.74) is -0.234. The predicted octanol–water partition coefficient (Wildman–Crippen LogP) is -0.0494. The van der Waals surface area contributed by atoms with Gasteiger partial charge in [-0.1, -0.05) is 0 Å². The summed E-state index contributed by atoms with van der Waals surface area (Å²) >= 11 is 0. The smallest absolute Gasteiger partial charge is 0.341 e. The Morgan fingerprint density at radius 2 is 2.16 bits per heavy atom. The number of aromatic amines is 1. The molecule has 0 radical (unpaired) electrons. The molecule has 0 aliphatic carbocycles. The first-order chi connectivity index (χ1) is 8.81. The van der Waals surface area contributed by atoms with Crippen molar-refractivity contribution in [3.63, 3.8) is 0 Å². The zero-order valence-corrected chi connectivity index (χ0v) is 10.9. The van der Waals surface area contributed by atoms with Crippen LogP contribution in [0.1, 0.15) is 16.2 Å². The Kier molecular flexibility index (Phi) is 3.02. The van der Waals surface area contributed by atoms with Crippen LogP contribution in [0.4, 0.5) is 5.82 Å². The third-order valence-electron chi connectivity index (χ3n) is 2.37. The van der Waals surface area contributed by atoms with Gasteiger partial charge in [-0.3, -0.25) is 9.40 Å². The summed E-state index contributed by atoms with van der Waals surface area (Å²) in [6.07, 6.45) is 2.22. The maximum Gasteiger partial charge on any atom is 0.341 e. The molecule has 0 aromatic carbocycles. The van der Waals surface area contributed by atoms with Gasteiger partial charge in [-0.25, -0.2) is 9.78 Å². The summed E-state index contributed by atoms with van der Waals surface area (Å²) in [4.78, 5) is 17.3. The Bertz CT molecular complexity index is 730. The van der Waals surface area contributed by atoms with Crippen LogP contribution >= 0.6 is 0 Å². The molecule has 19 heavy (non-hydrogen) atoms. The highest BCUT2D eigenvalue weighted by atomic mass is 32.2. The lowest BCUT2D eigenvalue weighted by Crippen LogP contribution is -2.17. The van der Waals surface area contributed by atoms with Crippen LogP contribution in [0, 0.1) is 6.92 Å². The second-order valence-corrected chi connectivity index (χ2v) is 5.42. The van der Waals surface area contributed by atoms with E-state index in [1.807, 2.05) is 0 Å². The number of carboxylic acid groups (broad SMARTS) is 1. The molecule has 0 aliphatic heterocycles. The second kappa shape index (κ2) is 4.39. The third-order valence-corrected chi connectivity index (χ3v) is 3.62. The Morgan fingerprint density at radius 1 is 1.47 bits per heavy atom. The third kappa shape index (κ3) is 2.42. The number of carboxylic acids is 1. The Hall–Kier alpha value is -2.36. The van der Waals surface area contributed by atoms with Gasteiger partial charge in [0.1, 0.15) is 11.4 Å². The average Bonchev–Trinajstić information content (AvgIpc) is 2.87. The van der Waals surface area contributed by atoms with Crippen LogP contribution in [-0.4, -0.2) is 39.2 Å². The molecule has 2 rings (SSSR count). The maximum absolute atomic E-state index is 12.0. The van der Waals surface area contributed by atoms with Crippen molar-refractivity contribution in [2.24, 2.45) is 7.05 Å². The van der Waals surface area contributed by atoms with E-state index in [1.54, 1.807) is 6.92 Å². The molecule has 0 atom stereocenters. The van der Waals surface area contributed by atoms with E-state index in [0.717, 1.165) is 17.1 Å². The molecule has 10 heteroatoms. The van der Waals surface area contributed by atoms with Gasteiger partial charge in [0, 0.05) is 7.05 Å². The normalized spacial score (nSPS) is 11.5. The summed E-state index contributed by atoms with van der Waals surface area (Å²) in [5.74, 6) is -0.963. The average molecular weight is 285 g/mol. The standard InChI is InChI=1S/C9H11N5O4S/c1-5-10-4-7(12-5)19(17,18)13-8-6(9(15)16)3-11-14(8)2/h3-4,13H,1-2H3,(H,10,12)(H,15,16). The number of aryl methyl sites for hydroxylation is 2. The Balaban J connectivity index is 2.41. The lowest BCUT2D eigenvalue weighted by atomic mass is 10.3. The van der Waals surface area contributed by atoms with Crippen LogP contribution in [0.2, 0.25) is 0 Å². The Morgan fingerprint density at radius 3 is 2.68 bits per heavy atom. The summed E-state index contributed by atoms with van der Waals surface area (Å²) in [5, 5.41) is 12.5. The molecular weight excluding hydrogens is 274 g/mol. The van der Waals surface area contributed by atoms with E-state index in [9.17, 15) is 13.2 Å². The van der Waals surface area contributed by atoms with E-state index >= 15 is 0 Å². The number of anilines is 1. The number of carbonyl (C=O) groups is 1. The molecule has 0 fully saturated rings. The SMILES string of the molecule is Cc1ncc(S(=O)(=O)Nc2c(C(=O)O)cnn2C)[nH]1. The number of aromatic nitrogens is 4. The molecule has 9 nitrogen and oxygen atoms in total. The fourth-order valence-corrected chi connectivity index (χ4v) is 2.51. The number of aromatic carboxylic acids is 1. The number of hydrogen-bond donors (Lipinski definition) is 3. The van der Waals surface area contributed by atoms with Crippen molar-refractivity contribution in [2.75, 3.05) is 4.72 Å². The molecule has 0 saturated carbocycles. The molecule has 0 aliphatic rings. The van der Waals surface area contributed by atoms with Crippen molar-refractivity contribution in [3.05, 3.63) is 23.8 Å². The number of hydrogen-bond acceptors (Lipinski definition) is 5. The van der Waals surface area contributed by atoms with E-state index in [0.29, 0.717) is 5.82 Å². The minimum absolute atomic E-state index is 0.125. The lowest BCUT2D eigenvalue weighted by Gasteiger charge is -2.07. The summed E-state index contributed by atoms with van der Waals surface area (Å²) < 4.78 is 27.3. The minimum Gasteiger partial charge on any atom is -0.477 e. The van der Waals surface area contributed by atoms with Gasteiger partial charge in [0.15, 0.2) is 10.8 Å². The monoisotopic (exact) mass is 285 g/mol. The van der Waals surface area contributed by atoms with E-state index in [2.05, 4.69) is 19.8 Å². The number of nitrogens with one attached hydrogen (secondary N) is 2. The van der Waals surface area contributed by atoms with Gasteiger partial charge in [-0.15, -0.1) is 0 Å². The van der Waals surface area contributed by atoms with Crippen molar-refractivity contribution < 1.29 is 18.3 Å². The maximum atomic E-state index is 12.0. The number of imidazole rings is 1. The van der Waals surface area contributed by atoms with Gasteiger partial charge >= 0.3 is 5.97 Å². The number of rotatable bonds is 4. The highest BCUT2D eigenvalue weighted by Gasteiger charge is 2.23. The van der Waals surface area contributed by atoms with E-state index in [4.69, 9.17) is 5.11 Å². The molecule has 2 heterocycles. The van der Waals surface area contributed by atoms with Gasteiger partial charge in [-0.2, -0.15) is 13.5 Å². The first-order valence-corrected chi connectivity index (χ1v) is 6.59. The molecule has 2 aromatic rings. The molecule has 0 saturated heterocycles. The lowest BCUT2D eigenvalue weighted by molar-refractivity contribution is 0.0698. The molecule has 0 amide bonds. The van der Waals surface area contributed by atoms with Crippen LogP contribution in [-0.2, 0) is 17.1 Å². The van der Waals surface area contributed by atoms with E-state index in [1.165, 1.54) is 7.05 Å². The zero-order valence-electron chi connectivity index (χ0n) is 10.1. The number of sulfonamides is 1. The molecular formula is C9H11N5O4S. The molecule has 0 unspecified atom stereocenters. The number of H-pyrrole nitrogens is 1. The fraction of sp³-hybridized carbons (Fsp3) is 0.222. The number of nitrogens with zero attached hydrogens (tertiary/aromatic N) is 3. The second-order valence-electron chi connectivity index (χ2n) is 3.77. The van der Waals surface area contributed by atoms with Gasteiger partial charge < -0.3 is 10.1 Å². The quantitative estimate of drug-likeness (QED) is 0.722. The molecule has 102 valence electrons. The summed E-state index contributed by atoms with van der Waals surface area (Å²) in [6, 6.07) is 0. The van der Waals surface area contributed by atoms with Crippen molar-refractivity contribution in [2.45, 2.75) is 11.9 Å².